The molecule has 0 heterocycles. The lowest BCUT2D eigenvalue weighted by Gasteiger charge is -2.05. The lowest BCUT2D eigenvalue weighted by Crippen LogP contribution is -2.25. The van der Waals surface area contributed by atoms with Gasteiger partial charge < -0.3 is 10.1 Å². The first-order chi connectivity index (χ1) is 8.33. The first-order valence-corrected chi connectivity index (χ1v) is 6.27. The zero-order valence-electron chi connectivity index (χ0n) is 10.4. The Morgan fingerprint density at radius 3 is 2.71 bits per heavy atom. The molecular weight excluding hydrogens is 214 g/mol. The van der Waals surface area contributed by atoms with E-state index in [4.69, 9.17) is 4.74 Å². The van der Waals surface area contributed by atoms with Crippen LogP contribution in [0.25, 0.3) is 0 Å². The number of carbonyl (C=O) groups is 1. The van der Waals surface area contributed by atoms with Crippen molar-refractivity contribution in [3.8, 4) is 0 Å². The number of hydrogen-bond acceptors (Lipinski definition) is 2. The molecule has 0 aliphatic rings. The third-order valence-corrected chi connectivity index (χ3v) is 2.46. The van der Waals surface area contributed by atoms with Gasteiger partial charge in [-0.15, -0.1) is 0 Å². The second kappa shape index (κ2) is 8.62. The first-order valence-electron chi connectivity index (χ1n) is 6.27. The van der Waals surface area contributed by atoms with E-state index in [1.807, 2.05) is 25.1 Å². The third-order valence-electron chi connectivity index (χ3n) is 2.46. The summed E-state index contributed by atoms with van der Waals surface area (Å²) in [5.74, 6) is 0. The standard InChI is InChI=1S/C14H21NO2/c1-2-11-15-14(16)17-12-7-6-10-13-8-4-3-5-9-13/h3-5,8-9H,2,6-7,10-12H2,1H3,(H,15,16). The van der Waals surface area contributed by atoms with Crippen LogP contribution in [0.3, 0.4) is 0 Å². The molecule has 0 aliphatic heterocycles. The highest BCUT2D eigenvalue weighted by atomic mass is 16.5. The molecule has 1 amide bonds. The molecule has 0 unspecified atom stereocenters. The monoisotopic (exact) mass is 235 g/mol. The number of carbonyl (C=O) groups excluding carboxylic acids is 1. The lowest BCUT2D eigenvalue weighted by atomic mass is 10.1. The van der Waals surface area contributed by atoms with E-state index in [-0.39, 0.29) is 6.09 Å². The molecule has 0 atom stereocenters. The number of benzene rings is 1. The van der Waals surface area contributed by atoms with Crippen molar-refractivity contribution in [1.29, 1.82) is 0 Å². The zero-order chi connectivity index (χ0) is 12.3. The van der Waals surface area contributed by atoms with Gasteiger partial charge in [0.2, 0.25) is 0 Å². The van der Waals surface area contributed by atoms with Gasteiger partial charge >= 0.3 is 6.09 Å². The normalized spacial score (nSPS) is 9.94. The average molecular weight is 235 g/mol. The number of alkyl carbamates (subject to hydrolysis) is 1. The van der Waals surface area contributed by atoms with Gasteiger partial charge in [0.25, 0.3) is 0 Å². The maximum atomic E-state index is 11.1. The van der Waals surface area contributed by atoms with Gasteiger partial charge in [0.05, 0.1) is 6.61 Å². The van der Waals surface area contributed by atoms with E-state index in [9.17, 15) is 4.79 Å². The van der Waals surface area contributed by atoms with Crippen molar-refractivity contribution in [2.45, 2.75) is 32.6 Å². The predicted octanol–water partition coefficient (Wildman–Crippen LogP) is 3.15. The molecule has 0 fully saturated rings. The quantitative estimate of drug-likeness (QED) is 0.737. The Morgan fingerprint density at radius 1 is 1.24 bits per heavy atom. The van der Waals surface area contributed by atoms with Crippen LogP contribution in [0.1, 0.15) is 31.7 Å². The van der Waals surface area contributed by atoms with Crippen LogP contribution in [0, 0.1) is 0 Å². The topological polar surface area (TPSA) is 38.3 Å². The van der Waals surface area contributed by atoms with Crippen molar-refractivity contribution in [2.75, 3.05) is 13.2 Å². The number of hydrogen-bond donors (Lipinski definition) is 1. The van der Waals surface area contributed by atoms with Gasteiger partial charge in [-0.2, -0.15) is 0 Å². The van der Waals surface area contributed by atoms with E-state index in [1.165, 1.54) is 5.56 Å². The summed E-state index contributed by atoms with van der Waals surface area (Å²) in [6, 6.07) is 10.3. The lowest BCUT2D eigenvalue weighted by molar-refractivity contribution is 0.144. The van der Waals surface area contributed by atoms with Crippen LogP contribution < -0.4 is 5.32 Å². The summed E-state index contributed by atoms with van der Waals surface area (Å²) in [6.07, 6.45) is 3.63. The predicted molar refractivity (Wildman–Crippen MR) is 69.0 cm³/mol. The Balaban J connectivity index is 1.99. The van der Waals surface area contributed by atoms with Crippen molar-refractivity contribution < 1.29 is 9.53 Å². The Hall–Kier alpha value is -1.51. The van der Waals surface area contributed by atoms with Crippen LogP contribution in [-0.4, -0.2) is 19.2 Å². The van der Waals surface area contributed by atoms with Gasteiger partial charge in [-0.1, -0.05) is 37.3 Å². The van der Waals surface area contributed by atoms with E-state index in [0.717, 1.165) is 25.7 Å². The van der Waals surface area contributed by atoms with Gasteiger partial charge in [-0.25, -0.2) is 4.79 Å². The van der Waals surface area contributed by atoms with Crippen LogP contribution in [0.2, 0.25) is 0 Å². The third kappa shape index (κ3) is 6.61. The Labute approximate surface area is 103 Å². The number of unbranched alkanes of at least 4 members (excludes halogenated alkanes) is 1. The molecule has 0 aromatic heterocycles. The Morgan fingerprint density at radius 2 is 2.00 bits per heavy atom. The minimum atomic E-state index is -0.299. The summed E-state index contributed by atoms with van der Waals surface area (Å²) < 4.78 is 5.03. The average Bonchev–Trinajstić information content (AvgIpc) is 2.37. The first kappa shape index (κ1) is 13.6. The smallest absolute Gasteiger partial charge is 0.407 e. The number of nitrogens with one attached hydrogen (secondary N) is 1. The summed E-state index contributed by atoms with van der Waals surface area (Å²) in [5, 5.41) is 2.68. The van der Waals surface area contributed by atoms with Gasteiger partial charge in [0.1, 0.15) is 0 Å². The SMILES string of the molecule is CCCNC(=O)OCCCCc1ccccc1. The number of amides is 1. The highest BCUT2D eigenvalue weighted by molar-refractivity contribution is 5.66. The fraction of sp³-hybridized carbons (Fsp3) is 0.500. The molecule has 1 N–H and O–H groups in total. The van der Waals surface area contributed by atoms with E-state index < -0.39 is 0 Å². The Bertz CT molecular complexity index is 311. The van der Waals surface area contributed by atoms with Crippen LogP contribution in [0.4, 0.5) is 4.79 Å². The number of rotatable bonds is 7. The van der Waals surface area contributed by atoms with Crippen molar-refractivity contribution in [3.63, 3.8) is 0 Å². The van der Waals surface area contributed by atoms with Crippen molar-refractivity contribution >= 4 is 6.09 Å². The maximum absolute atomic E-state index is 11.1. The molecule has 3 heteroatoms. The highest BCUT2D eigenvalue weighted by Gasteiger charge is 1.99. The molecule has 1 aromatic carbocycles. The second-order valence-electron chi connectivity index (χ2n) is 4.01. The summed E-state index contributed by atoms with van der Waals surface area (Å²) in [5.41, 5.74) is 1.34. The van der Waals surface area contributed by atoms with E-state index in [2.05, 4.69) is 17.4 Å². The molecule has 0 saturated carbocycles. The zero-order valence-corrected chi connectivity index (χ0v) is 10.4. The molecular formula is C14H21NO2. The molecule has 0 bridgehead atoms. The summed E-state index contributed by atoms with van der Waals surface area (Å²) >= 11 is 0. The molecule has 0 radical (unpaired) electrons. The van der Waals surface area contributed by atoms with E-state index in [1.54, 1.807) is 0 Å². The summed E-state index contributed by atoms with van der Waals surface area (Å²) in [6.45, 7) is 3.20. The van der Waals surface area contributed by atoms with Crippen molar-refractivity contribution in [3.05, 3.63) is 35.9 Å². The second-order valence-corrected chi connectivity index (χ2v) is 4.01. The minimum absolute atomic E-state index is 0.299. The van der Waals surface area contributed by atoms with Gasteiger partial charge in [0, 0.05) is 6.54 Å². The maximum Gasteiger partial charge on any atom is 0.407 e. The molecule has 0 aliphatic carbocycles. The van der Waals surface area contributed by atoms with Crippen LogP contribution in [-0.2, 0) is 11.2 Å². The summed E-state index contributed by atoms with van der Waals surface area (Å²) in [7, 11) is 0. The summed E-state index contributed by atoms with van der Waals surface area (Å²) in [4.78, 5) is 11.1. The van der Waals surface area contributed by atoms with Gasteiger partial charge in [-0.05, 0) is 31.2 Å². The number of ether oxygens (including phenoxy) is 1. The van der Waals surface area contributed by atoms with E-state index in [0.29, 0.717) is 13.2 Å². The fourth-order valence-corrected chi connectivity index (χ4v) is 1.52. The molecule has 94 valence electrons. The minimum Gasteiger partial charge on any atom is -0.450 e. The largest absolute Gasteiger partial charge is 0.450 e. The van der Waals surface area contributed by atoms with Crippen LogP contribution in [0.15, 0.2) is 30.3 Å². The molecule has 3 nitrogen and oxygen atoms in total. The number of aryl methyl sites for hydroxylation is 1. The molecule has 1 rings (SSSR count). The van der Waals surface area contributed by atoms with Crippen molar-refractivity contribution in [2.24, 2.45) is 0 Å². The fourth-order valence-electron chi connectivity index (χ4n) is 1.52. The van der Waals surface area contributed by atoms with Crippen LogP contribution >= 0.6 is 0 Å². The van der Waals surface area contributed by atoms with Gasteiger partial charge in [-0.3, -0.25) is 0 Å². The Kier molecular flexibility index (Phi) is 6.87. The highest BCUT2D eigenvalue weighted by Crippen LogP contribution is 2.04. The molecule has 1 aromatic rings. The van der Waals surface area contributed by atoms with Gasteiger partial charge in [0.15, 0.2) is 0 Å². The van der Waals surface area contributed by atoms with Crippen molar-refractivity contribution in [1.82, 2.24) is 5.32 Å². The molecule has 0 spiro atoms. The molecule has 0 saturated heterocycles. The van der Waals surface area contributed by atoms with E-state index >= 15 is 0 Å². The molecule has 17 heavy (non-hydrogen) atoms. The van der Waals surface area contributed by atoms with Crippen LogP contribution in [0.5, 0.6) is 0 Å².